The smallest absolute Gasteiger partial charge is 0.346 e. The lowest BCUT2D eigenvalue weighted by Crippen LogP contribution is -2.30. The number of carbonyl (C=O) groups excluding carboxylic acids is 2. The van der Waals surface area contributed by atoms with Crippen molar-refractivity contribution in [3.63, 3.8) is 0 Å². The highest BCUT2D eigenvalue weighted by Gasteiger charge is 2.16. The van der Waals surface area contributed by atoms with Crippen LogP contribution in [-0.2, 0) is 0 Å². The van der Waals surface area contributed by atoms with Gasteiger partial charge in [0.15, 0.2) is 0 Å². The number of aromatic carboxylic acids is 1. The minimum atomic E-state index is -1.12. The number of hydrogen-bond acceptors (Lipinski definition) is 6. The molecule has 0 saturated carbocycles. The topological polar surface area (TPSA) is 148 Å². The van der Waals surface area contributed by atoms with Gasteiger partial charge in [0.2, 0.25) is 0 Å². The first kappa shape index (κ1) is 16.3. The number of hydrazine groups is 1. The fraction of sp³-hybridized carbons (Fsp3) is 0. The molecule has 0 saturated heterocycles. The number of carbonyl (C=O) groups is 3. The first-order chi connectivity index (χ1) is 9.97. The zero-order valence-electron chi connectivity index (χ0n) is 10.6. The number of nitrogens with one attached hydrogen (secondary N) is 1. The summed E-state index contributed by atoms with van der Waals surface area (Å²) >= 11 is 0.985. The van der Waals surface area contributed by atoms with Crippen LogP contribution >= 0.6 is 11.3 Å². The molecule has 2 aromatic heterocycles. The van der Waals surface area contributed by atoms with Gasteiger partial charge in [0.25, 0.3) is 11.8 Å². The molecule has 2 amide bonds. The number of nitrogens with zero attached hydrogens (tertiary/aromatic N) is 1. The first-order valence-electron chi connectivity index (χ1n) is 5.50. The molecule has 8 nitrogen and oxygen atoms in total. The molecule has 110 valence electrons. The lowest BCUT2D eigenvalue weighted by molar-refractivity contribution is 0.0696. The van der Waals surface area contributed by atoms with Crippen LogP contribution < -0.4 is 17.0 Å². The molecule has 9 heteroatoms. The van der Waals surface area contributed by atoms with Gasteiger partial charge in [-0.2, -0.15) is 0 Å². The minimum absolute atomic E-state index is 0.00190. The van der Waals surface area contributed by atoms with Crippen LogP contribution in [0.3, 0.4) is 0 Å². The molecule has 2 aromatic rings. The summed E-state index contributed by atoms with van der Waals surface area (Å²) in [5.41, 5.74) is 7.18. The number of pyridine rings is 1. The summed E-state index contributed by atoms with van der Waals surface area (Å²) in [5, 5.41) is 10.1. The molecular formula is C12H12N4O4S. The van der Waals surface area contributed by atoms with Gasteiger partial charge in [-0.15, -0.1) is 11.3 Å². The van der Waals surface area contributed by atoms with E-state index in [0.717, 1.165) is 11.3 Å². The van der Waals surface area contributed by atoms with Gasteiger partial charge in [-0.25, -0.2) is 10.6 Å². The van der Waals surface area contributed by atoms with E-state index in [9.17, 15) is 14.4 Å². The second-order valence-corrected chi connectivity index (χ2v) is 4.44. The average Bonchev–Trinajstić information content (AvgIpc) is 2.97. The number of primary amides is 1. The molecular weight excluding hydrogens is 296 g/mol. The third-order valence-corrected chi connectivity index (χ3v) is 3.05. The predicted molar refractivity (Wildman–Crippen MR) is 75.7 cm³/mol. The van der Waals surface area contributed by atoms with Crippen molar-refractivity contribution in [3.8, 4) is 0 Å². The lowest BCUT2D eigenvalue weighted by Gasteiger charge is -1.96. The first-order valence-corrected chi connectivity index (χ1v) is 6.38. The van der Waals surface area contributed by atoms with E-state index in [1.165, 1.54) is 17.6 Å². The molecule has 0 aliphatic rings. The van der Waals surface area contributed by atoms with Gasteiger partial charge in [-0.1, -0.05) is 6.07 Å². The Bertz CT molecular complexity index is 642. The van der Waals surface area contributed by atoms with E-state index < -0.39 is 17.8 Å². The van der Waals surface area contributed by atoms with Gasteiger partial charge in [-0.3, -0.25) is 20.0 Å². The third kappa shape index (κ3) is 4.67. The molecule has 0 spiro atoms. The Morgan fingerprint density at radius 2 is 1.95 bits per heavy atom. The molecule has 6 N–H and O–H groups in total. The van der Waals surface area contributed by atoms with Crippen LogP contribution in [0.15, 0.2) is 35.8 Å². The number of carboxylic acid groups (broad SMARTS) is 1. The van der Waals surface area contributed by atoms with Gasteiger partial charge >= 0.3 is 5.97 Å². The summed E-state index contributed by atoms with van der Waals surface area (Å²) in [6.45, 7) is 0. The summed E-state index contributed by atoms with van der Waals surface area (Å²) in [4.78, 5) is 35.5. The number of amides is 2. The quantitative estimate of drug-likeness (QED) is 0.362. The van der Waals surface area contributed by atoms with Crippen molar-refractivity contribution < 1.29 is 19.5 Å². The van der Waals surface area contributed by atoms with Crippen molar-refractivity contribution in [3.05, 3.63) is 52.0 Å². The normalized spacial score (nSPS) is 9.19. The van der Waals surface area contributed by atoms with Crippen LogP contribution in [0, 0.1) is 0 Å². The molecule has 0 atom stereocenters. The lowest BCUT2D eigenvalue weighted by atomic mass is 10.2. The zero-order valence-corrected chi connectivity index (χ0v) is 11.5. The van der Waals surface area contributed by atoms with E-state index in [0.29, 0.717) is 5.69 Å². The molecule has 0 unspecified atom stereocenters. The second kappa shape index (κ2) is 7.72. The standard InChI is InChI=1S/C6H6N2O3S.C6H6N2O/c7-8-5(9)3-1-2-12-4(3)6(10)11;7-6(9)5-3-1-2-4-8-5/h1-2H,7H2,(H,8,9)(H,10,11);1-4H,(H2,7,9). The number of thiophene rings is 1. The van der Waals surface area contributed by atoms with Crippen molar-refractivity contribution in [1.29, 1.82) is 0 Å². The summed E-state index contributed by atoms with van der Waals surface area (Å²) in [5.74, 6) is 2.64. The Morgan fingerprint density at radius 1 is 1.24 bits per heavy atom. The van der Waals surface area contributed by atoms with Gasteiger partial charge in [0.05, 0.1) is 5.56 Å². The number of nitrogens with two attached hydrogens (primary N) is 2. The highest BCUT2D eigenvalue weighted by molar-refractivity contribution is 7.12. The molecule has 2 heterocycles. The SMILES string of the molecule is NC(=O)c1ccccn1.NNC(=O)c1ccsc1C(=O)O. The summed E-state index contributed by atoms with van der Waals surface area (Å²) in [6, 6.07) is 6.43. The van der Waals surface area contributed by atoms with Gasteiger partial charge in [0.1, 0.15) is 10.6 Å². The molecule has 0 aliphatic carbocycles. The van der Waals surface area contributed by atoms with Crippen molar-refractivity contribution in [1.82, 2.24) is 10.4 Å². The largest absolute Gasteiger partial charge is 0.477 e. The van der Waals surface area contributed by atoms with E-state index in [1.54, 1.807) is 18.2 Å². The number of nitrogen functional groups attached to an aromatic ring is 1. The van der Waals surface area contributed by atoms with Crippen molar-refractivity contribution in [2.45, 2.75) is 0 Å². The van der Waals surface area contributed by atoms with Gasteiger partial charge in [0, 0.05) is 6.20 Å². The van der Waals surface area contributed by atoms with Crippen molar-refractivity contribution >= 4 is 29.1 Å². The van der Waals surface area contributed by atoms with Gasteiger partial charge < -0.3 is 10.8 Å². The fourth-order valence-electron chi connectivity index (χ4n) is 1.24. The molecule has 0 aromatic carbocycles. The van der Waals surface area contributed by atoms with Gasteiger partial charge in [-0.05, 0) is 23.6 Å². The van der Waals surface area contributed by atoms with Crippen LogP contribution in [-0.4, -0.2) is 27.9 Å². The zero-order chi connectivity index (χ0) is 15.8. The molecule has 2 rings (SSSR count). The van der Waals surface area contributed by atoms with Crippen molar-refractivity contribution in [2.75, 3.05) is 0 Å². The Balaban J connectivity index is 0.000000219. The number of hydrogen-bond donors (Lipinski definition) is 4. The summed E-state index contributed by atoms with van der Waals surface area (Å²) < 4.78 is 0. The average molecular weight is 308 g/mol. The highest BCUT2D eigenvalue weighted by atomic mass is 32.1. The van der Waals surface area contributed by atoms with E-state index in [4.69, 9.17) is 16.7 Å². The molecule has 0 fully saturated rings. The van der Waals surface area contributed by atoms with E-state index in [2.05, 4.69) is 4.98 Å². The molecule has 0 bridgehead atoms. The highest BCUT2D eigenvalue weighted by Crippen LogP contribution is 2.15. The van der Waals surface area contributed by atoms with Crippen molar-refractivity contribution in [2.24, 2.45) is 11.6 Å². The van der Waals surface area contributed by atoms with Crippen LogP contribution in [0.5, 0.6) is 0 Å². The monoisotopic (exact) mass is 308 g/mol. The molecule has 0 radical (unpaired) electrons. The van der Waals surface area contributed by atoms with E-state index in [1.807, 2.05) is 5.43 Å². The minimum Gasteiger partial charge on any atom is -0.477 e. The van der Waals surface area contributed by atoms with Crippen LogP contribution in [0.2, 0.25) is 0 Å². The summed E-state index contributed by atoms with van der Waals surface area (Å²) in [6.07, 6.45) is 1.53. The van der Waals surface area contributed by atoms with E-state index in [-0.39, 0.29) is 10.4 Å². The maximum atomic E-state index is 10.9. The van der Waals surface area contributed by atoms with Crippen LogP contribution in [0.4, 0.5) is 0 Å². The Kier molecular flexibility index (Phi) is 5.99. The van der Waals surface area contributed by atoms with Crippen LogP contribution in [0.1, 0.15) is 30.5 Å². The predicted octanol–water partition coefficient (Wildman–Crippen LogP) is 0.230. The number of rotatable bonds is 3. The summed E-state index contributed by atoms with van der Waals surface area (Å²) in [7, 11) is 0. The van der Waals surface area contributed by atoms with Crippen LogP contribution in [0.25, 0.3) is 0 Å². The third-order valence-electron chi connectivity index (χ3n) is 2.15. The second-order valence-electron chi connectivity index (χ2n) is 3.52. The number of carboxylic acids is 1. The van der Waals surface area contributed by atoms with E-state index >= 15 is 0 Å². The fourth-order valence-corrected chi connectivity index (χ4v) is 1.97. The molecule has 21 heavy (non-hydrogen) atoms. The maximum Gasteiger partial charge on any atom is 0.346 e. The Labute approximate surface area is 123 Å². The maximum absolute atomic E-state index is 10.9. The number of aromatic nitrogens is 1. The Morgan fingerprint density at radius 3 is 2.38 bits per heavy atom. The Hall–Kier alpha value is -2.78. The molecule has 0 aliphatic heterocycles.